The van der Waals surface area contributed by atoms with E-state index in [-0.39, 0.29) is 24.5 Å². The molecular formula is C22H28N2O4. The third kappa shape index (κ3) is 6.30. The Morgan fingerprint density at radius 3 is 2.32 bits per heavy atom. The first-order valence-corrected chi connectivity index (χ1v) is 9.33. The van der Waals surface area contributed by atoms with E-state index < -0.39 is 0 Å². The second-order valence-electron chi connectivity index (χ2n) is 6.71. The van der Waals surface area contributed by atoms with Crippen molar-refractivity contribution in [1.82, 2.24) is 4.90 Å². The lowest BCUT2D eigenvalue weighted by atomic mass is 10.1. The summed E-state index contributed by atoms with van der Waals surface area (Å²) in [5, 5.41) is 2.84. The number of carbonyl (C=O) groups is 2. The van der Waals surface area contributed by atoms with Crippen molar-refractivity contribution in [3.05, 3.63) is 54.1 Å². The first-order chi connectivity index (χ1) is 13.4. The molecule has 2 rings (SSSR count). The number of carbonyl (C=O) groups excluding carboxylic acids is 2. The predicted octanol–water partition coefficient (Wildman–Crippen LogP) is 3.51. The third-order valence-electron chi connectivity index (χ3n) is 4.15. The fourth-order valence-corrected chi connectivity index (χ4v) is 2.80. The Balaban J connectivity index is 2.00. The van der Waals surface area contributed by atoms with Crippen molar-refractivity contribution in [3.63, 3.8) is 0 Å². The van der Waals surface area contributed by atoms with Crippen molar-refractivity contribution < 1.29 is 19.1 Å². The van der Waals surface area contributed by atoms with E-state index in [4.69, 9.17) is 9.47 Å². The fraction of sp³-hybridized carbons (Fsp3) is 0.364. The number of nitrogens with one attached hydrogen (secondary N) is 1. The van der Waals surface area contributed by atoms with Gasteiger partial charge in [-0.3, -0.25) is 9.59 Å². The van der Waals surface area contributed by atoms with E-state index in [1.54, 1.807) is 19.2 Å². The molecule has 2 aromatic carbocycles. The van der Waals surface area contributed by atoms with E-state index in [9.17, 15) is 9.59 Å². The van der Waals surface area contributed by atoms with Gasteiger partial charge in [0.05, 0.1) is 25.4 Å². The number of amides is 2. The van der Waals surface area contributed by atoms with Gasteiger partial charge < -0.3 is 19.7 Å². The Labute approximate surface area is 166 Å². The van der Waals surface area contributed by atoms with Gasteiger partial charge in [0.25, 0.3) is 0 Å². The zero-order chi connectivity index (χ0) is 20.5. The summed E-state index contributed by atoms with van der Waals surface area (Å²) in [6, 6.07) is 14.9. The highest BCUT2D eigenvalue weighted by molar-refractivity contribution is 5.95. The maximum Gasteiger partial charge on any atom is 0.244 e. The maximum absolute atomic E-state index is 12.5. The monoisotopic (exact) mass is 384 g/mol. The van der Waals surface area contributed by atoms with E-state index >= 15 is 0 Å². The van der Waals surface area contributed by atoms with Crippen LogP contribution in [0.25, 0.3) is 0 Å². The highest BCUT2D eigenvalue weighted by Gasteiger charge is 2.16. The molecule has 1 N–H and O–H groups in total. The van der Waals surface area contributed by atoms with Gasteiger partial charge in [-0.05, 0) is 44.0 Å². The van der Waals surface area contributed by atoms with Gasteiger partial charge >= 0.3 is 0 Å². The van der Waals surface area contributed by atoms with Crippen LogP contribution in [-0.2, 0) is 16.0 Å². The van der Waals surface area contributed by atoms with E-state index in [0.717, 1.165) is 11.3 Å². The molecular weight excluding hydrogens is 356 g/mol. The third-order valence-corrected chi connectivity index (χ3v) is 4.15. The lowest BCUT2D eigenvalue weighted by Gasteiger charge is -2.22. The largest absolute Gasteiger partial charge is 0.496 e. The molecule has 0 radical (unpaired) electrons. The molecule has 0 heterocycles. The van der Waals surface area contributed by atoms with Gasteiger partial charge in [0, 0.05) is 13.5 Å². The molecule has 0 aliphatic rings. The van der Waals surface area contributed by atoms with Gasteiger partial charge in [-0.1, -0.05) is 30.3 Å². The van der Waals surface area contributed by atoms with Crippen molar-refractivity contribution in [2.45, 2.75) is 33.3 Å². The van der Waals surface area contributed by atoms with Crippen LogP contribution < -0.4 is 14.8 Å². The summed E-state index contributed by atoms with van der Waals surface area (Å²) in [5.41, 5.74) is 1.58. The minimum Gasteiger partial charge on any atom is -0.496 e. The van der Waals surface area contributed by atoms with E-state index in [1.165, 1.54) is 11.8 Å². The van der Waals surface area contributed by atoms with Crippen LogP contribution in [0.3, 0.4) is 0 Å². The highest BCUT2D eigenvalue weighted by Crippen LogP contribution is 2.25. The standard InChI is InChI=1S/C22H28N2O4/c1-16(2)28-21-12-8-6-10-19(21)23-22(26)15-24(17(3)25)14-13-18-9-5-7-11-20(18)27-4/h5-12,16H,13-15H2,1-4H3,(H,23,26). The molecule has 6 nitrogen and oxygen atoms in total. The number of rotatable bonds is 9. The quantitative estimate of drug-likeness (QED) is 0.718. The molecule has 0 aliphatic heterocycles. The first-order valence-electron chi connectivity index (χ1n) is 9.33. The average Bonchev–Trinajstić information content (AvgIpc) is 2.66. The number of benzene rings is 2. The number of nitrogens with zero attached hydrogens (tertiary/aromatic N) is 1. The van der Waals surface area contributed by atoms with Crippen molar-refractivity contribution in [2.24, 2.45) is 0 Å². The summed E-state index contributed by atoms with van der Waals surface area (Å²) in [6.07, 6.45) is 0.594. The Morgan fingerprint density at radius 2 is 1.68 bits per heavy atom. The van der Waals surface area contributed by atoms with E-state index in [1.807, 2.05) is 50.2 Å². The molecule has 0 saturated heterocycles. The van der Waals surface area contributed by atoms with Crippen LogP contribution in [0.1, 0.15) is 26.3 Å². The van der Waals surface area contributed by atoms with Gasteiger partial charge in [-0.25, -0.2) is 0 Å². The second kappa shape index (κ2) is 10.3. The number of hydrogen-bond acceptors (Lipinski definition) is 4. The minimum atomic E-state index is -0.268. The topological polar surface area (TPSA) is 67.9 Å². The number of methoxy groups -OCH3 is 1. The zero-order valence-corrected chi connectivity index (χ0v) is 16.9. The van der Waals surface area contributed by atoms with Crippen LogP contribution >= 0.6 is 0 Å². The van der Waals surface area contributed by atoms with Crippen LogP contribution in [0.5, 0.6) is 11.5 Å². The van der Waals surface area contributed by atoms with Gasteiger partial charge in [-0.2, -0.15) is 0 Å². The number of para-hydroxylation sites is 3. The zero-order valence-electron chi connectivity index (χ0n) is 16.9. The number of ether oxygens (including phenoxy) is 2. The second-order valence-corrected chi connectivity index (χ2v) is 6.71. The Kier molecular flexibility index (Phi) is 7.87. The molecule has 28 heavy (non-hydrogen) atoms. The van der Waals surface area contributed by atoms with Crippen molar-refractivity contribution in [2.75, 3.05) is 25.5 Å². The SMILES string of the molecule is COc1ccccc1CCN(CC(=O)Nc1ccccc1OC(C)C)C(C)=O. The molecule has 6 heteroatoms. The molecule has 0 unspecified atom stereocenters. The Bertz CT molecular complexity index is 805. The molecule has 0 saturated carbocycles. The number of anilines is 1. The summed E-state index contributed by atoms with van der Waals surface area (Å²) in [6.45, 7) is 5.71. The van der Waals surface area contributed by atoms with E-state index in [0.29, 0.717) is 24.4 Å². The highest BCUT2D eigenvalue weighted by atomic mass is 16.5. The molecule has 0 aromatic heterocycles. The molecule has 0 atom stereocenters. The van der Waals surface area contributed by atoms with Gasteiger partial charge in [-0.15, -0.1) is 0 Å². The van der Waals surface area contributed by atoms with Gasteiger partial charge in [0.15, 0.2) is 0 Å². The van der Waals surface area contributed by atoms with Crippen LogP contribution in [0.2, 0.25) is 0 Å². The van der Waals surface area contributed by atoms with Crippen molar-refractivity contribution in [1.29, 1.82) is 0 Å². The summed E-state index contributed by atoms with van der Waals surface area (Å²) in [7, 11) is 1.62. The lowest BCUT2D eigenvalue weighted by Crippen LogP contribution is -2.38. The summed E-state index contributed by atoms with van der Waals surface area (Å²) < 4.78 is 11.1. The molecule has 0 aliphatic carbocycles. The predicted molar refractivity (Wildman–Crippen MR) is 110 cm³/mol. The average molecular weight is 384 g/mol. The molecule has 2 aromatic rings. The van der Waals surface area contributed by atoms with Crippen LogP contribution in [0, 0.1) is 0 Å². The normalized spacial score (nSPS) is 10.5. The Morgan fingerprint density at radius 1 is 1.04 bits per heavy atom. The molecule has 0 fully saturated rings. The maximum atomic E-state index is 12.5. The summed E-state index contributed by atoms with van der Waals surface area (Å²) in [5.74, 6) is 0.955. The summed E-state index contributed by atoms with van der Waals surface area (Å²) >= 11 is 0. The molecule has 0 bridgehead atoms. The number of hydrogen-bond donors (Lipinski definition) is 1. The molecule has 150 valence electrons. The lowest BCUT2D eigenvalue weighted by molar-refractivity contribution is -0.132. The van der Waals surface area contributed by atoms with E-state index in [2.05, 4.69) is 5.32 Å². The van der Waals surface area contributed by atoms with Crippen LogP contribution in [-0.4, -0.2) is 43.0 Å². The van der Waals surface area contributed by atoms with Gasteiger partial charge in [0.1, 0.15) is 11.5 Å². The molecule has 2 amide bonds. The Hall–Kier alpha value is -3.02. The smallest absolute Gasteiger partial charge is 0.244 e. The van der Waals surface area contributed by atoms with Gasteiger partial charge in [0.2, 0.25) is 11.8 Å². The molecule has 0 spiro atoms. The van der Waals surface area contributed by atoms with Crippen molar-refractivity contribution >= 4 is 17.5 Å². The summed E-state index contributed by atoms with van der Waals surface area (Å²) in [4.78, 5) is 26.0. The van der Waals surface area contributed by atoms with Crippen LogP contribution in [0.15, 0.2) is 48.5 Å². The fourth-order valence-electron chi connectivity index (χ4n) is 2.80. The van der Waals surface area contributed by atoms with Crippen LogP contribution in [0.4, 0.5) is 5.69 Å². The minimum absolute atomic E-state index is 0.00683. The first kappa shape index (κ1) is 21.3. The van der Waals surface area contributed by atoms with Crippen molar-refractivity contribution in [3.8, 4) is 11.5 Å².